The first-order chi connectivity index (χ1) is 29.0. The molecule has 0 spiro atoms. The Morgan fingerprint density at radius 2 is 1.18 bits per heavy atom. The van der Waals surface area contributed by atoms with E-state index in [9.17, 15) is 5.26 Å². The lowest BCUT2D eigenvalue weighted by atomic mass is 9.35. The van der Waals surface area contributed by atoms with Crippen molar-refractivity contribution in [2.45, 2.75) is 155 Å². The summed E-state index contributed by atoms with van der Waals surface area (Å²) in [5, 5.41) is 12.4. The molecule has 0 radical (unpaired) electrons. The van der Waals surface area contributed by atoms with Crippen LogP contribution in [0.15, 0.2) is 72.8 Å². The zero-order valence-electron chi connectivity index (χ0n) is 39.6. The molecule has 2 aliphatic carbocycles. The highest BCUT2D eigenvalue weighted by atomic mass is 32.1. The van der Waals surface area contributed by atoms with E-state index in [1.54, 1.807) is 0 Å². The van der Waals surface area contributed by atoms with Crippen LogP contribution in [0.3, 0.4) is 0 Å². The molecule has 1 unspecified atom stereocenters. The number of anilines is 6. The standard InChI is InChI=1S/C57H62BN3S/c1-32-25-34(52(2,3)4)15-19-42(32)60-44-26-33(31-59)27-45-48(44)58(51-49(60)36-28-35(53(5,6)7)16-20-46(36)62-51)41-18-17-37-47-50(41)61(45)43-30-39-38(55(10,11)21-22-56(39,12)13)29-40(43)57(47,14)24-23-54(37,8)9/h15-20,25-30H,21-24H2,1-14H3. The third-order valence-corrected chi connectivity index (χ3v) is 17.7. The summed E-state index contributed by atoms with van der Waals surface area (Å²) in [5.74, 6) is 0. The summed E-state index contributed by atoms with van der Waals surface area (Å²) >= 11 is 1.98. The van der Waals surface area contributed by atoms with E-state index >= 15 is 0 Å². The van der Waals surface area contributed by atoms with Crippen LogP contribution in [0.25, 0.3) is 10.1 Å². The third kappa shape index (κ3) is 5.23. The average molecular weight is 832 g/mol. The predicted molar refractivity (Wildman–Crippen MR) is 267 cm³/mol. The maximum absolute atomic E-state index is 11.1. The Balaban J connectivity index is 1.30. The Kier molecular flexibility index (Phi) is 7.92. The summed E-state index contributed by atoms with van der Waals surface area (Å²) in [6, 6.07) is 31.8. The molecule has 1 aromatic heterocycles. The fraction of sp³-hybridized carbons (Fsp3) is 0.421. The summed E-state index contributed by atoms with van der Waals surface area (Å²) in [6.45, 7) is 33.5. The van der Waals surface area contributed by atoms with Crippen molar-refractivity contribution in [2.24, 2.45) is 0 Å². The van der Waals surface area contributed by atoms with E-state index in [2.05, 4.69) is 186 Å². The second kappa shape index (κ2) is 12.3. The number of rotatable bonds is 1. The second-order valence-corrected chi connectivity index (χ2v) is 25.1. The number of fused-ring (bicyclic) bond motifs is 10. The molecule has 11 rings (SSSR count). The Hall–Kier alpha value is -4.79. The van der Waals surface area contributed by atoms with Gasteiger partial charge in [-0.25, -0.2) is 0 Å². The molecule has 3 aliphatic heterocycles. The number of nitriles is 1. The van der Waals surface area contributed by atoms with Gasteiger partial charge >= 0.3 is 0 Å². The largest absolute Gasteiger partial charge is 0.311 e. The summed E-state index contributed by atoms with van der Waals surface area (Å²) in [5.41, 5.74) is 22.2. The van der Waals surface area contributed by atoms with E-state index in [4.69, 9.17) is 0 Å². The van der Waals surface area contributed by atoms with Crippen molar-refractivity contribution in [3.05, 3.63) is 123 Å². The van der Waals surface area contributed by atoms with Gasteiger partial charge in [-0.15, -0.1) is 11.3 Å². The van der Waals surface area contributed by atoms with Gasteiger partial charge in [-0.1, -0.05) is 126 Å². The van der Waals surface area contributed by atoms with Gasteiger partial charge in [-0.3, -0.25) is 0 Å². The molecule has 0 saturated carbocycles. The minimum absolute atomic E-state index is 0.00649. The first-order valence-corrected chi connectivity index (χ1v) is 24.0. The van der Waals surface area contributed by atoms with Crippen molar-refractivity contribution in [1.82, 2.24) is 0 Å². The summed E-state index contributed by atoms with van der Waals surface area (Å²) in [6.07, 6.45) is 4.60. The average Bonchev–Trinajstić information content (AvgIpc) is 3.58. The monoisotopic (exact) mass is 831 g/mol. The first kappa shape index (κ1) is 40.0. The van der Waals surface area contributed by atoms with Crippen molar-refractivity contribution in [3.63, 3.8) is 0 Å². The van der Waals surface area contributed by atoms with Crippen LogP contribution in [0.4, 0.5) is 34.1 Å². The van der Waals surface area contributed by atoms with E-state index in [0.717, 1.165) is 24.2 Å². The van der Waals surface area contributed by atoms with Gasteiger partial charge in [-0.05, 0) is 152 Å². The first-order valence-electron chi connectivity index (χ1n) is 23.2. The van der Waals surface area contributed by atoms with Gasteiger partial charge in [0.05, 0.1) is 23.0 Å². The van der Waals surface area contributed by atoms with Crippen molar-refractivity contribution in [2.75, 3.05) is 9.80 Å². The lowest BCUT2D eigenvalue weighted by Crippen LogP contribution is -2.62. The molecule has 0 amide bonds. The molecule has 0 N–H and O–H groups in total. The van der Waals surface area contributed by atoms with Crippen molar-refractivity contribution in [3.8, 4) is 6.07 Å². The van der Waals surface area contributed by atoms with Crippen LogP contribution in [-0.4, -0.2) is 6.71 Å². The van der Waals surface area contributed by atoms with Crippen LogP contribution in [0, 0.1) is 18.3 Å². The van der Waals surface area contributed by atoms with Crippen LogP contribution in [0.5, 0.6) is 0 Å². The number of benzene rings is 5. The Morgan fingerprint density at radius 1 is 0.597 bits per heavy atom. The fourth-order valence-electron chi connectivity index (χ4n) is 12.4. The quantitative estimate of drug-likeness (QED) is 0.154. The van der Waals surface area contributed by atoms with E-state index in [1.165, 1.54) is 106 Å². The number of thiophene rings is 1. The molecular weight excluding hydrogens is 770 g/mol. The van der Waals surface area contributed by atoms with Crippen molar-refractivity contribution < 1.29 is 0 Å². The lowest BCUT2D eigenvalue weighted by Gasteiger charge is -2.55. The van der Waals surface area contributed by atoms with E-state index < -0.39 is 0 Å². The second-order valence-electron chi connectivity index (χ2n) is 24.0. The lowest BCUT2D eigenvalue weighted by molar-refractivity contribution is 0.327. The third-order valence-electron chi connectivity index (χ3n) is 16.5. The molecule has 5 aliphatic rings. The van der Waals surface area contributed by atoms with Gasteiger partial charge in [0.15, 0.2) is 0 Å². The van der Waals surface area contributed by atoms with E-state index in [0.29, 0.717) is 5.56 Å². The molecule has 314 valence electrons. The molecule has 4 heterocycles. The van der Waals surface area contributed by atoms with Crippen LogP contribution >= 0.6 is 11.3 Å². The molecule has 5 aromatic carbocycles. The smallest absolute Gasteiger partial charge is 0.264 e. The van der Waals surface area contributed by atoms with Crippen molar-refractivity contribution in [1.29, 1.82) is 5.26 Å². The number of hydrogen-bond donors (Lipinski definition) is 0. The molecule has 6 aromatic rings. The summed E-state index contributed by atoms with van der Waals surface area (Å²) < 4.78 is 2.71. The normalized spacial score (nSPS) is 20.8. The van der Waals surface area contributed by atoms with Gasteiger partial charge in [0.2, 0.25) is 0 Å². The van der Waals surface area contributed by atoms with E-state index in [1.807, 2.05) is 11.3 Å². The Morgan fingerprint density at radius 3 is 1.81 bits per heavy atom. The highest BCUT2D eigenvalue weighted by molar-refractivity contribution is 7.33. The molecule has 0 saturated heterocycles. The molecule has 0 fully saturated rings. The molecular formula is C57H62BN3S. The zero-order chi connectivity index (χ0) is 44.0. The number of aryl methyl sites for hydroxylation is 1. The Labute approximate surface area is 375 Å². The molecule has 1 atom stereocenters. The van der Waals surface area contributed by atoms with Gasteiger partial charge in [0.25, 0.3) is 6.71 Å². The molecule has 62 heavy (non-hydrogen) atoms. The number of hydrogen-bond acceptors (Lipinski definition) is 4. The summed E-state index contributed by atoms with van der Waals surface area (Å²) in [7, 11) is 0. The van der Waals surface area contributed by atoms with E-state index in [-0.39, 0.29) is 39.2 Å². The van der Waals surface area contributed by atoms with Crippen LogP contribution in [-0.2, 0) is 32.5 Å². The Bertz CT molecular complexity index is 3030. The summed E-state index contributed by atoms with van der Waals surface area (Å²) in [4.78, 5) is 5.24. The van der Waals surface area contributed by atoms with Gasteiger partial charge in [-0.2, -0.15) is 5.26 Å². The van der Waals surface area contributed by atoms with Gasteiger partial charge in [0.1, 0.15) is 0 Å². The maximum Gasteiger partial charge on any atom is 0.264 e. The van der Waals surface area contributed by atoms with Gasteiger partial charge < -0.3 is 9.80 Å². The highest BCUT2D eigenvalue weighted by Crippen LogP contribution is 2.63. The minimum Gasteiger partial charge on any atom is -0.311 e. The molecule has 3 nitrogen and oxygen atoms in total. The molecule has 0 bridgehead atoms. The predicted octanol–water partition coefficient (Wildman–Crippen LogP) is 13.8. The molecule has 5 heteroatoms. The topological polar surface area (TPSA) is 30.3 Å². The van der Waals surface area contributed by atoms with Crippen LogP contribution < -0.4 is 25.5 Å². The number of nitrogens with zero attached hydrogens (tertiary/aromatic N) is 3. The fourth-order valence-corrected chi connectivity index (χ4v) is 13.7. The van der Waals surface area contributed by atoms with Gasteiger partial charge in [0, 0.05) is 43.0 Å². The van der Waals surface area contributed by atoms with Crippen LogP contribution in [0.2, 0.25) is 0 Å². The minimum atomic E-state index is -0.154. The van der Waals surface area contributed by atoms with Crippen LogP contribution in [0.1, 0.15) is 166 Å². The zero-order valence-corrected chi connectivity index (χ0v) is 40.4. The highest BCUT2D eigenvalue weighted by Gasteiger charge is 2.55. The SMILES string of the molecule is Cc1cc(C(C)(C)C)ccc1N1c2cc(C#N)cc3c2B(c2ccc4c5c2N3c2cc3c(cc2C5(C)CCC4(C)C)C(C)(C)CCC3(C)C)c2sc3ccc(C(C)(C)C)cc3c21. The maximum atomic E-state index is 11.1. The van der Waals surface area contributed by atoms with Crippen molar-refractivity contribution >= 4 is 78.0 Å².